The number of aromatic nitrogens is 1. The lowest BCUT2D eigenvalue weighted by molar-refractivity contribution is 0.102. The van der Waals surface area contributed by atoms with Gasteiger partial charge in [0.25, 0.3) is 5.91 Å². The van der Waals surface area contributed by atoms with Gasteiger partial charge in [0.2, 0.25) is 0 Å². The van der Waals surface area contributed by atoms with Gasteiger partial charge < -0.3 is 15.4 Å². The smallest absolute Gasteiger partial charge is 0.274 e. The van der Waals surface area contributed by atoms with Gasteiger partial charge in [0.1, 0.15) is 17.2 Å². The van der Waals surface area contributed by atoms with Crippen LogP contribution >= 0.6 is 0 Å². The molecule has 30 heavy (non-hydrogen) atoms. The number of nitrogens with zero attached hydrogens (tertiary/aromatic N) is 1. The highest BCUT2D eigenvalue weighted by atomic mass is 16.5. The predicted molar refractivity (Wildman–Crippen MR) is 119 cm³/mol. The first-order valence-corrected chi connectivity index (χ1v) is 9.64. The minimum absolute atomic E-state index is 0.263. The molecule has 0 aliphatic heterocycles. The van der Waals surface area contributed by atoms with Crippen molar-refractivity contribution in [3.8, 4) is 11.5 Å². The van der Waals surface area contributed by atoms with Gasteiger partial charge in [-0.3, -0.25) is 4.79 Å². The number of rotatable bonds is 7. The third-order valence-electron chi connectivity index (χ3n) is 4.43. The predicted octanol–water partition coefficient (Wildman–Crippen LogP) is 5.74. The lowest BCUT2D eigenvalue weighted by Gasteiger charge is -2.09. The maximum atomic E-state index is 12.5. The topological polar surface area (TPSA) is 63.2 Å². The molecule has 2 N–H and O–H groups in total. The average molecular weight is 395 g/mol. The summed E-state index contributed by atoms with van der Waals surface area (Å²) in [4.78, 5) is 16.7. The number of amides is 1. The molecule has 0 atom stereocenters. The number of hydrogen-bond donors (Lipinski definition) is 2. The second-order valence-electron chi connectivity index (χ2n) is 6.66. The summed E-state index contributed by atoms with van der Waals surface area (Å²) in [5, 5.41) is 6.14. The van der Waals surface area contributed by atoms with E-state index in [1.54, 1.807) is 24.4 Å². The molecule has 1 aromatic heterocycles. The molecule has 0 bridgehead atoms. The van der Waals surface area contributed by atoms with Crippen molar-refractivity contribution in [3.05, 3.63) is 115 Å². The van der Waals surface area contributed by atoms with Crippen LogP contribution in [0.5, 0.6) is 11.5 Å². The van der Waals surface area contributed by atoms with Crippen molar-refractivity contribution in [2.45, 2.75) is 6.54 Å². The summed E-state index contributed by atoms with van der Waals surface area (Å²) in [7, 11) is 0. The Hall–Kier alpha value is -4.12. The number of para-hydroxylation sites is 1. The molecule has 1 heterocycles. The van der Waals surface area contributed by atoms with Crippen molar-refractivity contribution < 1.29 is 9.53 Å². The molecule has 0 radical (unpaired) electrons. The Kier molecular flexibility index (Phi) is 6.01. The van der Waals surface area contributed by atoms with Gasteiger partial charge in [-0.2, -0.15) is 0 Å². The number of benzene rings is 3. The molecule has 0 spiro atoms. The molecule has 0 aliphatic rings. The number of carbonyl (C=O) groups excluding carboxylic acids is 1. The highest BCUT2D eigenvalue weighted by Crippen LogP contribution is 2.22. The van der Waals surface area contributed by atoms with Gasteiger partial charge in [0.05, 0.1) is 11.9 Å². The summed E-state index contributed by atoms with van der Waals surface area (Å²) >= 11 is 0. The van der Waals surface area contributed by atoms with Gasteiger partial charge in [0.15, 0.2) is 0 Å². The van der Waals surface area contributed by atoms with Gasteiger partial charge in [-0.1, -0.05) is 48.5 Å². The Morgan fingerprint density at radius 3 is 2.03 bits per heavy atom. The lowest BCUT2D eigenvalue weighted by Crippen LogP contribution is -2.13. The van der Waals surface area contributed by atoms with E-state index in [0.29, 0.717) is 23.7 Å². The zero-order valence-corrected chi connectivity index (χ0v) is 16.3. The van der Waals surface area contributed by atoms with Crippen molar-refractivity contribution in [1.82, 2.24) is 4.98 Å². The molecule has 3 aromatic carbocycles. The van der Waals surface area contributed by atoms with E-state index in [1.807, 2.05) is 66.7 Å². The summed E-state index contributed by atoms with van der Waals surface area (Å²) in [6, 6.07) is 30.4. The molecule has 5 nitrogen and oxygen atoms in total. The van der Waals surface area contributed by atoms with Crippen LogP contribution in [0.25, 0.3) is 0 Å². The Bertz CT molecular complexity index is 1080. The Balaban J connectivity index is 1.32. The van der Waals surface area contributed by atoms with Crippen molar-refractivity contribution >= 4 is 17.3 Å². The number of pyridine rings is 1. The van der Waals surface area contributed by atoms with Crippen LogP contribution in [-0.2, 0) is 6.54 Å². The van der Waals surface area contributed by atoms with Crippen molar-refractivity contribution in [3.63, 3.8) is 0 Å². The van der Waals surface area contributed by atoms with E-state index in [9.17, 15) is 4.79 Å². The maximum Gasteiger partial charge on any atom is 0.274 e. The highest BCUT2D eigenvalue weighted by Gasteiger charge is 2.08. The minimum Gasteiger partial charge on any atom is -0.457 e. The second kappa shape index (κ2) is 9.39. The number of ether oxygens (including phenoxy) is 1. The van der Waals surface area contributed by atoms with Gasteiger partial charge in [0, 0.05) is 12.2 Å². The van der Waals surface area contributed by atoms with E-state index in [2.05, 4.69) is 27.8 Å². The van der Waals surface area contributed by atoms with Gasteiger partial charge in [-0.15, -0.1) is 0 Å². The van der Waals surface area contributed by atoms with Crippen LogP contribution in [0.3, 0.4) is 0 Å². The molecule has 1 amide bonds. The molecular weight excluding hydrogens is 374 g/mol. The van der Waals surface area contributed by atoms with Crippen LogP contribution in [0, 0.1) is 0 Å². The molecule has 0 saturated heterocycles. The standard InChI is InChI=1S/C25H21N3O2/c29-25(24-16-13-21(18-27-24)26-17-19-7-3-1-4-8-19)28-20-11-14-23(15-12-20)30-22-9-5-2-6-10-22/h1-16,18,26H,17H2,(H,28,29). The van der Waals surface area contributed by atoms with Crippen LogP contribution in [0.15, 0.2) is 103 Å². The Morgan fingerprint density at radius 1 is 0.733 bits per heavy atom. The maximum absolute atomic E-state index is 12.5. The molecule has 4 aromatic rings. The molecule has 0 aliphatic carbocycles. The fourth-order valence-electron chi connectivity index (χ4n) is 2.86. The number of anilines is 2. The van der Waals surface area contributed by atoms with Crippen molar-refractivity contribution in [2.24, 2.45) is 0 Å². The molecule has 4 rings (SSSR count). The molecule has 148 valence electrons. The fraction of sp³-hybridized carbons (Fsp3) is 0.0400. The van der Waals surface area contributed by atoms with E-state index >= 15 is 0 Å². The summed E-state index contributed by atoms with van der Waals surface area (Å²) in [6.45, 7) is 0.700. The van der Waals surface area contributed by atoms with E-state index in [4.69, 9.17) is 4.74 Å². The summed E-state index contributed by atoms with van der Waals surface area (Å²) < 4.78 is 5.76. The number of hydrogen-bond acceptors (Lipinski definition) is 4. The zero-order valence-electron chi connectivity index (χ0n) is 16.3. The van der Waals surface area contributed by atoms with Crippen LogP contribution in [0.4, 0.5) is 11.4 Å². The third kappa shape index (κ3) is 5.23. The van der Waals surface area contributed by atoms with Crippen molar-refractivity contribution in [2.75, 3.05) is 10.6 Å². The van der Waals surface area contributed by atoms with Crippen molar-refractivity contribution in [1.29, 1.82) is 0 Å². The molecule has 0 saturated carbocycles. The van der Waals surface area contributed by atoms with Gasteiger partial charge >= 0.3 is 0 Å². The average Bonchev–Trinajstić information content (AvgIpc) is 2.81. The van der Waals surface area contributed by atoms with Gasteiger partial charge in [-0.25, -0.2) is 4.98 Å². The first-order chi connectivity index (χ1) is 14.8. The van der Waals surface area contributed by atoms with Gasteiger partial charge in [-0.05, 0) is 54.1 Å². The Labute approximate surface area is 175 Å². The zero-order chi connectivity index (χ0) is 20.6. The second-order valence-corrected chi connectivity index (χ2v) is 6.66. The van der Waals surface area contributed by atoms with E-state index < -0.39 is 0 Å². The summed E-state index contributed by atoms with van der Waals surface area (Å²) in [6.07, 6.45) is 1.66. The normalized spacial score (nSPS) is 10.3. The van der Waals surface area contributed by atoms with E-state index in [1.165, 1.54) is 5.56 Å². The SMILES string of the molecule is O=C(Nc1ccc(Oc2ccccc2)cc1)c1ccc(NCc2ccccc2)cn1. The fourth-order valence-corrected chi connectivity index (χ4v) is 2.86. The molecule has 0 unspecified atom stereocenters. The monoisotopic (exact) mass is 395 g/mol. The lowest BCUT2D eigenvalue weighted by atomic mass is 10.2. The Morgan fingerprint density at radius 2 is 1.37 bits per heavy atom. The molecular formula is C25H21N3O2. The van der Waals surface area contributed by atoms with E-state index in [-0.39, 0.29) is 5.91 Å². The van der Waals surface area contributed by atoms with Crippen LogP contribution in [0.2, 0.25) is 0 Å². The number of nitrogens with one attached hydrogen (secondary N) is 2. The van der Waals surface area contributed by atoms with Crippen LogP contribution < -0.4 is 15.4 Å². The first kappa shape index (κ1) is 19.2. The van der Waals surface area contributed by atoms with E-state index in [0.717, 1.165) is 11.4 Å². The molecule has 5 heteroatoms. The quantitative estimate of drug-likeness (QED) is 0.419. The third-order valence-corrected chi connectivity index (χ3v) is 4.43. The highest BCUT2D eigenvalue weighted by molar-refractivity contribution is 6.02. The first-order valence-electron chi connectivity index (χ1n) is 9.64. The number of carbonyl (C=O) groups is 1. The largest absolute Gasteiger partial charge is 0.457 e. The molecule has 0 fully saturated rings. The summed E-state index contributed by atoms with van der Waals surface area (Å²) in [5.74, 6) is 1.20. The van der Waals surface area contributed by atoms with Crippen LogP contribution in [0.1, 0.15) is 16.1 Å². The van der Waals surface area contributed by atoms with Crippen LogP contribution in [-0.4, -0.2) is 10.9 Å². The minimum atomic E-state index is -0.263. The summed E-state index contributed by atoms with van der Waals surface area (Å²) in [5.41, 5.74) is 3.06.